The lowest BCUT2D eigenvalue weighted by Crippen LogP contribution is -2.07. The van der Waals surface area contributed by atoms with Gasteiger partial charge in [-0.25, -0.2) is 9.78 Å². The van der Waals surface area contributed by atoms with E-state index in [1.54, 1.807) is 24.3 Å². The number of carboxylic acids is 1. The van der Waals surface area contributed by atoms with Gasteiger partial charge in [0, 0.05) is 6.08 Å². The third-order valence-corrected chi connectivity index (χ3v) is 3.73. The van der Waals surface area contributed by atoms with E-state index in [0.29, 0.717) is 10.8 Å². The van der Waals surface area contributed by atoms with Crippen molar-refractivity contribution in [3.63, 3.8) is 0 Å². The van der Waals surface area contributed by atoms with Gasteiger partial charge in [-0.15, -0.1) is 11.3 Å². The molecule has 0 atom stereocenters. The van der Waals surface area contributed by atoms with Gasteiger partial charge in [0.25, 0.3) is 0 Å². The van der Waals surface area contributed by atoms with Crippen LogP contribution in [0.25, 0.3) is 16.3 Å². The maximum atomic E-state index is 11.3. The fourth-order valence-electron chi connectivity index (χ4n) is 1.81. The Bertz CT molecular complexity index is 776. The van der Waals surface area contributed by atoms with Gasteiger partial charge in [-0.05, 0) is 24.3 Å². The van der Waals surface area contributed by atoms with Crippen molar-refractivity contribution in [2.24, 2.45) is 0 Å². The van der Waals surface area contributed by atoms with Crippen LogP contribution in [0.1, 0.15) is 5.01 Å². The zero-order valence-electron chi connectivity index (χ0n) is 10.9. The predicted octanol–water partition coefficient (Wildman–Crippen LogP) is 3.80. The highest BCUT2D eigenvalue weighted by molar-refractivity contribution is 7.19. The summed E-state index contributed by atoms with van der Waals surface area (Å²) < 4.78 is 6.41. The second-order valence-electron chi connectivity index (χ2n) is 4.25. The molecule has 0 radical (unpaired) electrons. The van der Waals surface area contributed by atoms with Crippen molar-refractivity contribution in [2.45, 2.75) is 0 Å². The Balaban J connectivity index is 1.94. The largest absolute Gasteiger partial charge is 0.475 e. The van der Waals surface area contributed by atoms with Crippen molar-refractivity contribution in [1.82, 2.24) is 4.98 Å². The monoisotopic (exact) mass is 297 g/mol. The number of nitrogens with zero attached hydrogens (tertiary/aromatic N) is 1. The van der Waals surface area contributed by atoms with Crippen LogP contribution in [0.3, 0.4) is 0 Å². The number of carboxylic acid groups (broad SMARTS) is 1. The van der Waals surface area contributed by atoms with Gasteiger partial charge in [0.2, 0.25) is 5.76 Å². The quantitative estimate of drug-likeness (QED) is 0.588. The number of para-hydroxylation sites is 2. The summed E-state index contributed by atoms with van der Waals surface area (Å²) in [6.07, 6.45) is 1.44. The lowest BCUT2D eigenvalue weighted by molar-refractivity contribution is -0.134. The summed E-state index contributed by atoms with van der Waals surface area (Å²) in [7, 11) is 0. The fraction of sp³-hybridized carbons (Fsp3) is 0. The minimum atomic E-state index is -1.13. The first-order valence-electron chi connectivity index (χ1n) is 6.26. The normalized spacial score (nSPS) is 11.5. The van der Waals surface area contributed by atoms with Gasteiger partial charge < -0.3 is 9.84 Å². The van der Waals surface area contributed by atoms with Gasteiger partial charge in [0.1, 0.15) is 10.8 Å². The molecule has 0 saturated heterocycles. The maximum absolute atomic E-state index is 11.3. The lowest BCUT2D eigenvalue weighted by atomic mass is 10.3. The van der Waals surface area contributed by atoms with E-state index in [1.807, 2.05) is 30.3 Å². The molecule has 0 unspecified atom stereocenters. The van der Waals surface area contributed by atoms with Crippen LogP contribution in [-0.2, 0) is 4.79 Å². The molecule has 0 aliphatic rings. The third-order valence-electron chi connectivity index (χ3n) is 2.75. The molecule has 1 aromatic heterocycles. The summed E-state index contributed by atoms with van der Waals surface area (Å²) in [4.78, 5) is 15.7. The molecule has 0 aliphatic heterocycles. The van der Waals surface area contributed by atoms with E-state index in [1.165, 1.54) is 17.4 Å². The van der Waals surface area contributed by atoms with E-state index in [9.17, 15) is 9.90 Å². The van der Waals surface area contributed by atoms with E-state index in [0.717, 1.165) is 10.2 Å². The molecule has 1 heterocycles. The highest BCUT2D eigenvalue weighted by Crippen LogP contribution is 2.24. The highest BCUT2D eigenvalue weighted by atomic mass is 32.1. The number of benzene rings is 2. The minimum Gasteiger partial charge on any atom is -0.475 e. The number of hydrogen-bond donors (Lipinski definition) is 1. The number of hydrogen-bond acceptors (Lipinski definition) is 4. The fourth-order valence-corrected chi connectivity index (χ4v) is 2.71. The van der Waals surface area contributed by atoms with Crippen LogP contribution in [0.15, 0.2) is 60.4 Å². The maximum Gasteiger partial charge on any atom is 0.371 e. The van der Waals surface area contributed by atoms with Crippen LogP contribution in [0, 0.1) is 0 Å². The first-order chi connectivity index (χ1) is 10.2. The molecule has 3 aromatic rings. The molecule has 2 aromatic carbocycles. The number of aromatic nitrogens is 1. The van der Waals surface area contributed by atoms with Crippen molar-refractivity contribution < 1.29 is 14.6 Å². The molecule has 104 valence electrons. The predicted molar refractivity (Wildman–Crippen MR) is 82.3 cm³/mol. The Hall–Kier alpha value is -2.66. The van der Waals surface area contributed by atoms with E-state index in [2.05, 4.69) is 4.98 Å². The third kappa shape index (κ3) is 3.09. The van der Waals surface area contributed by atoms with Crippen molar-refractivity contribution >= 4 is 33.6 Å². The Morgan fingerprint density at radius 1 is 1.10 bits per heavy atom. The van der Waals surface area contributed by atoms with Crippen LogP contribution in [0.2, 0.25) is 0 Å². The SMILES string of the molecule is O=C(O)C(=Cc1nc2ccccc2s1)Oc1ccccc1. The molecule has 5 heteroatoms. The van der Waals surface area contributed by atoms with Crippen molar-refractivity contribution in [3.8, 4) is 5.75 Å². The molecular formula is C16H11NO3S. The number of thiazole rings is 1. The van der Waals surface area contributed by atoms with Gasteiger partial charge in [0.05, 0.1) is 10.2 Å². The lowest BCUT2D eigenvalue weighted by Gasteiger charge is -2.04. The molecule has 3 rings (SSSR count). The number of carbonyl (C=O) groups is 1. The zero-order valence-corrected chi connectivity index (χ0v) is 11.7. The summed E-state index contributed by atoms with van der Waals surface area (Å²) in [6.45, 7) is 0. The summed E-state index contributed by atoms with van der Waals surface area (Å²) in [5.74, 6) is -0.800. The molecule has 0 fully saturated rings. The average Bonchev–Trinajstić information content (AvgIpc) is 2.90. The Kier molecular flexibility index (Phi) is 3.66. The van der Waals surface area contributed by atoms with Crippen LogP contribution in [0.5, 0.6) is 5.75 Å². The number of ether oxygens (including phenoxy) is 1. The van der Waals surface area contributed by atoms with E-state index in [-0.39, 0.29) is 5.76 Å². The number of rotatable bonds is 4. The molecule has 0 amide bonds. The standard InChI is InChI=1S/C16H11NO3S/c18-16(19)13(20-11-6-2-1-3-7-11)10-15-17-12-8-4-5-9-14(12)21-15/h1-10H,(H,18,19). The Labute approximate surface area is 125 Å². The molecular weight excluding hydrogens is 286 g/mol. The van der Waals surface area contributed by atoms with Gasteiger partial charge in [0.15, 0.2) is 0 Å². The molecule has 0 spiro atoms. The Morgan fingerprint density at radius 2 is 1.81 bits per heavy atom. The summed E-state index contributed by atoms with van der Waals surface area (Å²) in [5, 5.41) is 9.86. The van der Waals surface area contributed by atoms with Gasteiger partial charge in [-0.2, -0.15) is 0 Å². The van der Waals surface area contributed by atoms with Gasteiger partial charge in [-0.3, -0.25) is 0 Å². The Morgan fingerprint density at radius 3 is 2.52 bits per heavy atom. The van der Waals surface area contributed by atoms with Crippen LogP contribution in [-0.4, -0.2) is 16.1 Å². The molecule has 0 saturated carbocycles. The molecule has 0 aliphatic carbocycles. The topological polar surface area (TPSA) is 59.4 Å². The summed E-state index contributed by atoms with van der Waals surface area (Å²) in [5.41, 5.74) is 0.846. The van der Waals surface area contributed by atoms with Crippen LogP contribution in [0.4, 0.5) is 0 Å². The van der Waals surface area contributed by atoms with Crippen molar-refractivity contribution in [3.05, 3.63) is 65.4 Å². The second kappa shape index (κ2) is 5.76. The van der Waals surface area contributed by atoms with E-state index in [4.69, 9.17) is 4.74 Å². The van der Waals surface area contributed by atoms with Gasteiger partial charge in [-0.1, -0.05) is 30.3 Å². The average molecular weight is 297 g/mol. The molecule has 1 N–H and O–H groups in total. The zero-order chi connectivity index (χ0) is 14.7. The summed E-state index contributed by atoms with van der Waals surface area (Å²) >= 11 is 1.42. The highest BCUT2D eigenvalue weighted by Gasteiger charge is 2.12. The minimum absolute atomic E-state index is 0.153. The molecule has 21 heavy (non-hydrogen) atoms. The van der Waals surface area contributed by atoms with E-state index >= 15 is 0 Å². The molecule has 4 nitrogen and oxygen atoms in total. The van der Waals surface area contributed by atoms with Gasteiger partial charge >= 0.3 is 5.97 Å². The smallest absolute Gasteiger partial charge is 0.371 e. The first-order valence-corrected chi connectivity index (χ1v) is 7.07. The molecule has 0 bridgehead atoms. The van der Waals surface area contributed by atoms with Crippen molar-refractivity contribution in [2.75, 3.05) is 0 Å². The number of fused-ring (bicyclic) bond motifs is 1. The van der Waals surface area contributed by atoms with Crippen molar-refractivity contribution in [1.29, 1.82) is 0 Å². The first kappa shape index (κ1) is 13.3. The summed E-state index contributed by atoms with van der Waals surface area (Å²) in [6, 6.07) is 16.5. The van der Waals surface area contributed by atoms with Crippen LogP contribution < -0.4 is 4.74 Å². The second-order valence-corrected chi connectivity index (χ2v) is 5.31. The number of aliphatic carboxylic acids is 1. The van der Waals surface area contributed by atoms with Crippen LogP contribution >= 0.6 is 11.3 Å². The van der Waals surface area contributed by atoms with E-state index < -0.39 is 5.97 Å².